The third kappa shape index (κ3) is 5.21. The highest BCUT2D eigenvalue weighted by atomic mass is 35.5. The van der Waals surface area contributed by atoms with E-state index in [4.69, 9.17) is 16.3 Å². The zero-order valence-electron chi connectivity index (χ0n) is 11.9. The standard InChI is InChI=1S/C15H22ClNO2/c1-12-4-5-14(10-13(12)2)11-15(18)17(7-6-16)8-9-19-3/h4-5,10H,6-9,11H2,1-3H3. The molecule has 0 atom stereocenters. The number of hydrogen-bond donors (Lipinski definition) is 0. The minimum Gasteiger partial charge on any atom is -0.383 e. The van der Waals surface area contributed by atoms with Crippen molar-refractivity contribution in [2.45, 2.75) is 20.3 Å². The molecule has 0 aromatic heterocycles. The molecule has 0 radical (unpaired) electrons. The van der Waals surface area contributed by atoms with Crippen LogP contribution in [0.15, 0.2) is 18.2 Å². The van der Waals surface area contributed by atoms with Crippen molar-refractivity contribution in [1.82, 2.24) is 4.90 Å². The number of benzene rings is 1. The lowest BCUT2D eigenvalue weighted by molar-refractivity contribution is -0.130. The number of carbonyl (C=O) groups is 1. The second-order valence-electron chi connectivity index (χ2n) is 4.66. The summed E-state index contributed by atoms with van der Waals surface area (Å²) in [5.74, 6) is 0.545. The van der Waals surface area contributed by atoms with E-state index in [0.717, 1.165) is 5.56 Å². The van der Waals surface area contributed by atoms with Crippen molar-refractivity contribution in [3.63, 3.8) is 0 Å². The lowest BCUT2D eigenvalue weighted by atomic mass is 10.0. The Kier molecular flexibility index (Phi) is 6.89. The maximum atomic E-state index is 12.2. The summed E-state index contributed by atoms with van der Waals surface area (Å²) < 4.78 is 5.02. The van der Waals surface area contributed by atoms with Crippen LogP contribution in [0.25, 0.3) is 0 Å². The van der Waals surface area contributed by atoms with Crippen molar-refractivity contribution >= 4 is 17.5 Å². The molecule has 19 heavy (non-hydrogen) atoms. The van der Waals surface area contributed by atoms with E-state index in [-0.39, 0.29) is 5.91 Å². The first-order valence-electron chi connectivity index (χ1n) is 6.47. The highest BCUT2D eigenvalue weighted by Crippen LogP contribution is 2.11. The van der Waals surface area contributed by atoms with Gasteiger partial charge in [-0.2, -0.15) is 0 Å². The van der Waals surface area contributed by atoms with Crippen LogP contribution in [0.2, 0.25) is 0 Å². The van der Waals surface area contributed by atoms with Crippen LogP contribution in [0.5, 0.6) is 0 Å². The van der Waals surface area contributed by atoms with Crippen molar-refractivity contribution in [3.8, 4) is 0 Å². The molecule has 0 heterocycles. The molecule has 1 aromatic carbocycles. The van der Waals surface area contributed by atoms with Crippen molar-refractivity contribution in [3.05, 3.63) is 34.9 Å². The average molecular weight is 284 g/mol. The smallest absolute Gasteiger partial charge is 0.227 e. The average Bonchev–Trinajstić information content (AvgIpc) is 2.38. The topological polar surface area (TPSA) is 29.5 Å². The van der Waals surface area contributed by atoms with E-state index in [9.17, 15) is 4.79 Å². The number of ether oxygens (including phenoxy) is 1. The monoisotopic (exact) mass is 283 g/mol. The molecule has 0 saturated heterocycles. The molecule has 0 fully saturated rings. The molecule has 0 aliphatic carbocycles. The highest BCUT2D eigenvalue weighted by molar-refractivity contribution is 6.18. The summed E-state index contributed by atoms with van der Waals surface area (Å²) in [6.45, 7) is 5.82. The van der Waals surface area contributed by atoms with Crippen LogP contribution >= 0.6 is 11.6 Å². The van der Waals surface area contributed by atoms with Crippen LogP contribution < -0.4 is 0 Å². The van der Waals surface area contributed by atoms with E-state index in [1.807, 2.05) is 6.07 Å². The molecule has 1 rings (SSSR count). The molecule has 0 aliphatic rings. The predicted molar refractivity (Wildman–Crippen MR) is 78.8 cm³/mol. The van der Waals surface area contributed by atoms with E-state index in [0.29, 0.717) is 32.0 Å². The number of aryl methyl sites for hydroxylation is 2. The lowest BCUT2D eigenvalue weighted by Crippen LogP contribution is -2.36. The lowest BCUT2D eigenvalue weighted by Gasteiger charge is -2.21. The zero-order chi connectivity index (χ0) is 14.3. The van der Waals surface area contributed by atoms with E-state index in [1.54, 1.807) is 12.0 Å². The molecule has 4 heteroatoms. The SMILES string of the molecule is COCCN(CCCl)C(=O)Cc1ccc(C)c(C)c1. The van der Waals surface area contributed by atoms with E-state index in [2.05, 4.69) is 26.0 Å². The maximum absolute atomic E-state index is 12.2. The van der Waals surface area contributed by atoms with Gasteiger partial charge >= 0.3 is 0 Å². The molecular formula is C15H22ClNO2. The molecule has 0 unspecified atom stereocenters. The molecule has 106 valence electrons. The van der Waals surface area contributed by atoms with Gasteiger partial charge in [0.1, 0.15) is 0 Å². The molecule has 0 saturated carbocycles. The van der Waals surface area contributed by atoms with Crippen molar-refractivity contribution < 1.29 is 9.53 Å². The first-order chi connectivity index (χ1) is 9.08. The van der Waals surface area contributed by atoms with Crippen LogP contribution in [0.4, 0.5) is 0 Å². The van der Waals surface area contributed by atoms with Crippen LogP contribution in [0.1, 0.15) is 16.7 Å². The van der Waals surface area contributed by atoms with Gasteiger partial charge in [-0.05, 0) is 30.5 Å². The van der Waals surface area contributed by atoms with Gasteiger partial charge in [0.2, 0.25) is 5.91 Å². The van der Waals surface area contributed by atoms with Crippen molar-refractivity contribution in [2.24, 2.45) is 0 Å². The summed E-state index contributed by atoms with van der Waals surface area (Å²) in [5.41, 5.74) is 3.50. The van der Waals surface area contributed by atoms with Gasteiger partial charge in [-0.25, -0.2) is 0 Å². The normalized spacial score (nSPS) is 10.5. The third-order valence-corrected chi connectivity index (χ3v) is 3.37. The highest BCUT2D eigenvalue weighted by Gasteiger charge is 2.13. The largest absolute Gasteiger partial charge is 0.383 e. The Bertz CT molecular complexity index is 421. The fourth-order valence-electron chi connectivity index (χ4n) is 1.86. The summed E-state index contributed by atoms with van der Waals surface area (Å²) in [4.78, 5) is 14.0. The molecular weight excluding hydrogens is 262 g/mol. The Morgan fingerprint density at radius 3 is 2.58 bits per heavy atom. The molecule has 0 bridgehead atoms. The van der Waals surface area contributed by atoms with Gasteiger partial charge in [-0.1, -0.05) is 18.2 Å². The van der Waals surface area contributed by atoms with Crippen molar-refractivity contribution in [2.75, 3.05) is 32.7 Å². The summed E-state index contributed by atoms with van der Waals surface area (Å²) >= 11 is 5.73. The fraction of sp³-hybridized carbons (Fsp3) is 0.533. The van der Waals surface area contributed by atoms with E-state index in [1.165, 1.54) is 11.1 Å². The van der Waals surface area contributed by atoms with E-state index >= 15 is 0 Å². The Hall–Kier alpha value is -1.06. The quantitative estimate of drug-likeness (QED) is 0.720. The second kappa shape index (κ2) is 8.18. The number of nitrogens with zero attached hydrogens (tertiary/aromatic N) is 1. The zero-order valence-corrected chi connectivity index (χ0v) is 12.7. The van der Waals surface area contributed by atoms with Gasteiger partial charge in [0.25, 0.3) is 0 Å². The van der Waals surface area contributed by atoms with Gasteiger partial charge in [0.15, 0.2) is 0 Å². The second-order valence-corrected chi connectivity index (χ2v) is 5.04. The van der Waals surface area contributed by atoms with Gasteiger partial charge in [0, 0.05) is 26.1 Å². The molecule has 1 aromatic rings. The number of alkyl halides is 1. The summed E-state index contributed by atoms with van der Waals surface area (Å²) in [5, 5.41) is 0. The van der Waals surface area contributed by atoms with Gasteiger partial charge in [0.05, 0.1) is 13.0 Å². The van der Waals surface area contributed by atoms with Crippen LogP contribution in [0, 0.1) is 13.8 Å². The number of halogens is 1. The molecule has 0 spiro atoms. The van der Waals surface area contributed by atoms with Crippen LogP contribution in [0.3, 0.4) is 0 Å². The Labute approximate surface area is 120 Å². The molecule has 0 aliphatic heterocycles. The third-order valence-electron chi connectivity index (χ3n) is 3.20. The predicted octanol–water partition coefficient (Wildman–Crippen LogP) is 2.56. The molecule has 1 amide bonds. The first-order valence-corrected chi connectivity index (χ1v) is 7.00. The maximum Gasteiger partial charge on any atom is 0.227 e. The number of carbonyl (C=O) groups excluding carboxylic acids is 1. The van der Waals surface area contributed by atoms with Crippen LogP contribution in [-0.4, -0.2) is 43.5 Å². The van der Waals surface area contributed by atoms with E-state index < -0.39 is 0 Å². The Morgan fingerprint density at radius 2 is 2.00 bits per heavy atom. The summed E-state index contributed by atoms with van der Waals surface area (Å²) in [6.07, 6.45) is 0.418. The number of rotatable bonds is 7. The summed E-state index contributed by atoms with van der Waals surface area (Å²) in [6, 6.07) is 6.14. The van der Waals surface area contributed by atoms with Gasteiger partial charge in [-0.3, -0.25) is 4.79 Å². The van der Waals surface area contributed by atoms with Gasteiger partial charge < -0.3 is 9.64 Å². The number of methoxy groups -OCH3 is 1. The molecule has 0 N–H and O–H groups in total. The van der Waals surface area contributed by atoms with Gasteiger partial charge in [-0.15, -0.1) is 11.6 Å². The molecule has 3 nitrogen and oxygen atoms in total. The Balaban J connectivity index is 2.66. The number of hydrogen-bond acceptors (Lipinski definition) is 2. The minimum absolute atomic E-state index is 0.0981. The first kappa shape index (κ1) is 16.0. The minimum atomic E-state index is 0.0981. The summed E-state index contributed by atoms with van der Waals surface area (Å²) in [7, 11) is 1.63. The fourth-order valence-corrected chi connectivity index (χ4v) is 2.07. The van der Waals surface area contributed by atoms with Crippen LogP contribution in [-0.2, 0) is 16.0 Å². The van der Waals surface area contributed by atoms with Crippen molar-refractivity contribution in [1.29, 1.82) is 0 Å². The Morgan fingerprint density at radius 1 is 1.26 bits per heavy atom. The number of amides is 1.